The molecule has 0 bridgehead atoms. The summed E-state index contributed by atoms with van der Waals surface area (Å²) >= 11 is 3.15. The van der Waals surface area contributed by atoms with Crippen LogP contribution in [0.3, 0.4) is 0 Å². The van der Waals surface area contributed by atoms with Gasteiger partial charge in [0.05, 0.1) is 5.75 Å². The molecule has 1 N–H and O–H groups in total. The number of aromatic nitrogens is 3. The van der Waals surface area contributed by atoms with E-state index in [-0.39, 0.29) is 5.91 Å². The van der Waals surface area contributed by atoms with Crippen molar-refractivity contribution in [1.29, 1.82) is 0 Å². The number of thioether (sulfide) groups is 1. The summed E-state index contributed by atoms with van der Waals surface area (Å²) in [6.07, 6.45) is 10.0. The van der Waals surface area contributed by atoms with Crippen molar-refractivity contribution < 1.29 is 4.79 Å². The number of thiazole rings is 1. The van der Waals surface area contributed by atoms with Crippen LogP contribution in [0.25, 0.3) is 10.3 Å². The Morgan fingerprint density at radius 1 is 1.26 bits per heavy atom. The quantitative estimate of drug-likeness (QED) is 0.602. The molecule has 0 radical (unpaired) electrons. The van der Waals surface area contributed by atoms with Crippen LogP contribution in [0.2, 0.25) is 0 Å². The lowest BCUT2D eigenvalue weighted by Gasteiger charge is -2.30. The first-order chi connectivity index (χ1) is 13.2. The van der Waals surface area contributed by atoms with Crippen molar-refractivity contribution in [3.8, 4) is 0 Å². The summed E-state index contributed by atoms with van der Waals surface area (Å²) in [4.78, 5) is 28.2. The Morgan fingerprint density at radius 3 is 2.93 bits per heavy atom. The van der Waals surface area contributed by atoms with Crippen LogP contribution in [-0.2, 0) is 4.79 Å². The lowest BCUT2D eigenvalue weighted by molar-refractivity contribution is -0.119. The van der Waals surface area contributed by atoms with Crippen LogP contribution in [0, 0.1) is 5.92 Å². The van der Waals surface area contributed by atoms with E-state index in [1.807, 2.05) is 0 Å². The SMILES string of the molecule is C[C@H]1CCCN(c2nc3ncnc(SCC(=O)NC4CCCCC4)c3s2)C1. The number of anilines is 1. The predicted octanol–water partition coefficient (Wildman–Crippen LogP) is 3.86. The van der Waals surface area contributed by atoms with Crippen LogP contribution in [-0.4, -0.2) is 45.7 Å². The third kappa shape index (κ3) is 4.71. The maximum atomic E-state index is 12.3. The van der Waals surface area contributed by atoms with E-state index in [0.717, 1.165) is 46.4 Å². The summed E-state index contributed by atoms with van der Waals surface area (Å²) in [5.74, 6) is 1.21. The Kier molecular flexibility index (Phi) is 6.12. The molecule has 2 aromatic heterocycles. The Hall–Kier alpha value is -1.41. The molecule has 1 aliphatic heterocycles. The minimum absolute atomic E-state index is 0.105. The van der Waals surface area contributed by atoms with Crippen LogP contribution in [0.4, 0.5) is 5.13 Å². The van der Waals surface area contributed by atoms with Gasteiger partial charge < -0.3 is 10.2 Å². The predicted molar refractivity (Wildman–Crippen MR) is 112 cm³/mol. The molecule has 3 heterocycles. The second-order valence-corrected chi connectivity index (χ2v) is 9.65. The van der Waals surface area contributed by atoms with Crippen LogP contribution >= 0.6 is 23.1 Å². The van der Waals surface area contributed by atoms with Gasteiger partial charge >= 0.3 is 0 Å². The van der Waals surface area contributed by atoms with Crippen molar-refractivity contribution in [3.05, 3.63) is 6.33 Å². The van der Waals surface area contributed by atoms with E-state index < -0.39 is 0 Å². The van der Waals surface area contributed by atoms with E-state index in [1.165, 1.54) is 43.9 Å². The number of piperidine rings is 1. The Morgan fingerprint density at radius 2 is 2.11 bits per heavy atom. The van der Waals surface area contributed by atoms with E-state index in [1.54, 1.807) is 17.7 Å². The summed E-state index contributed by atoms with van der Waals surface area (Å²) in [7, 11) is 0. The molecule has 1 amide bonds. The molecule has 0 unspecified atom stereocenters. The van der Waals surface area contributed by atoms with Gasteiger partial charge in [-0.2, -0.15) is 4.98 Å². The van der Waals surface area contributed by atoms with Crippen LogP contribution in [0.5, 0.6) is 0 Å². The fraction of sp³-hybridized carbons (Fsp3) is 0.684. The van der Waals surface area contributed by atoms with E-state index in [0.29, 0.717) is 17.7 Å². The van der Waals surface area contributed by atoms with Crippen molar-refractivity contribution >= 4 is 44.5 Å². The van der Waals surface area contributed by atoms with E-state index in [2.05, 4.69) is 27.1 Å². The van der Waals surface area contributed by atoms with Crippen molar-refractivity contribution in [1.82, 2.24) is 20.3 Å². The molecule has 1 saturated heterocycles. The van der Waals surface area contributed by atoms with Gasteiger partial charge in [-0.1, -0.05) is 49.3 Å². The average molecular weight is 406 g/mol. The lowest BCUT2D eigenvalue weighted by Crippen LogP contribution is -2.37. The van der Waals surface area contributed by atoms with Gasteiger partial charge in [0.15, 0.2) is 10.8 Å². The number of nitrogens with one attached hydrogen (secondary N) is 1. The Balaban J connectivity index is 1.41. The van der Waals surface area contributed by atoms with Gasteiger partial charge in [0.1, 0.15) is 16.1 Å². The largest absolute Gasteiger partial charge is 0.353 e. The first-order valence-electron chi connectivity index (χ1n) is 9.97. The number of amides is 1. The van der Waals surface area contributed by atoms with Gasteiger partial charge in [0.2, 0.25) is 5.91 Å². The molecule has 1 atom stereocenters. The zero-order chi connectivity index (χ0) is 18.6. The van der Waals surface area contributed by atoms with E-state index >= 15 is 0 Å². The Bertz CT molecular complexity index is 789. The van der Waals surface area contributed by atoms with Gasteiger partial charge in [0.25, 0.3) is 0 Å². The average Bonchev–Trinajstić information content (AvgIpc) is 3.12. The monoisotopic (exact) mass is 405 g/mol. The molecule has 146 valence electrons. The molecule has 27 heavy (non-hydrogen) atoms. The first-order valence-corrected chi connectivity index (χ1v) is 11.8. The number of fused-ring (bicyclic) bond motifs is 1. The molecule has 0 aromatic carbocycles. The van der Waals surface area contributed by atoms with Crippen molar-refractivity contribution in [2.24, 2.45) is 5.92 Å². The smallest absolute Gasteiger partial charge is 0.230 e. The number of carbonyl (C=O) groups excluding carboxylic acids is 1. The molecule has 2 fully saturated rings. The number of nitrogens with zero attached hydrogens (tertiary/aromatic N) is 4. The molecule has 8 heteroatoms. The summed E-state index contributed by atoms with van der Waals surface area (Å²) in [6.45, 7) is 4.41. The topological polar surface area (TPSA) is 71.0 Å². The molecule has 6 nitrogen and oxygen atoms in total. The minimum atomic E-state index is 0.105. The summed E-state index contributed by atoms with van der Waals surface area (Å²) < 4.78 is 1.00. The second-order valence-electron chi connectivity index (χ2n) is 7.71. The third-order valence-electron chi connectivity index (χ3n) is 5.39. The number of rotatable bonds is 5. The van der Waals surface area contributed by atoms with Crippen LogP contribution in [0.15, 0.2) is 11.4 Å². The van der Waals surface area contributed by atoms with E-state index in [4.69, 9.17) is 4.98 Å². The Labute approximate surface area is 168 Å². The highest BCUT2D eigenvalue weighted by atomic mass is 32.2. The molecule has 2 aromatic rings. The molecule has 4 rings (SSSR count). The highest BCUT2D eigenvalue weighted by Crippen LogP contribution is 2.35. The number of carbonyl (C=O) groups is 1. The lowest BCUT2D eigenvalue weighted by atomic mass is 9.95. The molecule has 1 aliphatic carbocycles. The van der Waals surface area contributed by atoms with Gasteiger partial charge in [-0.25, -0.2) is 9.97 Å². The maximum Gasteiger partial charge on any atom is 0.230 e. The minimum Gasteiger partial charge on any atom is -0.353 e. The van der Waals surface area contributed by atoms with Gasteiger partial charge in [-0.05, 0) is 31.6 Å². The van der Waals surface area contributed by atoms with Crippen LogP contribution in [0.1, 0.15) is 51.9 Å². The van der Waals surface area contributed by atoms with Gasteiger partial charge in [-0.15, -0.1) is 0 Å². The van der Waals surface area contributed by atoms with Crippen molar-refractivity contribution in [3.63, 3.8) is 0 Å². The molecular formula is C19H27N5OS2. The molecule has 0 spiro atoms. The maximum absolute atomic E-state index is 12.3. The molecular weight excluding hydrogens is 378 g/mol. The first kappa shape index (κ1) is 18.9. The summed E-state index contributed by atoms with van der Waals surface area (Å²) in [6, 6.07) is 0.355. The number of hydrogen-bond acceptors (Lipinski definition) is 7. The standard InChI is InChI=1S/C19H27N5OS2/c1-13-6-5-9-24(10-13)19-23-17-16(27-19)18(21-12-20-17)26-11-15(25)22-14-7-3-2-4-8-14/h12-14H,2-11H2,1H3,(H,22,25)/t13-/m0/s1. The third-order valence-corrected chi connectivity index (χ3v) is 7.62. The highest BCUT2D eigenvalue weighted by molar-refractivity contribution is 8.00. The fourth-order valence-corrected chi connectivity index (χ4v) is 5.91. The molecule has 1 saturated carbocycles. The normalized spacial score (nSPS) is 21.5. The zero-order valence-electron chi connectivity index (χ0n) is 15.8. The fourth-order valence-electron chi connectivity index (χ4n) is 3.97. The highest BCUT2D eigenvalue weighted by Gasteiger charge is 2.21. The number of hydrogen-bond donors (Lipinski definition) is 1. The summed E-state index contributed by atoms with van der Waals surface area (Å²) in [5.41, 5.74) is 0.749. The van der Waals surface area contributed by atoms with E-state index in [9.17, 15) is 4.79 Å². The van der Waals surface area contributed by atoms with Gasteiger partial charge in [0, 0.05) is 19.1 Å². The van der Waals surface area contributed by atoms with Gasteiger partial charge in [-0.3, -0.25) is 4.79 Å². The van der Waals surface area contributed by atoms with Crippen molar-refractivity contribution in [2.75, 3.05) is 23.7 Å². The summed E-state index contributed by atoms with van der Waals surface area (Å²) in [5, 5.41) is 5.08. The van der Waals surface area contributed by atoms with Crippen molar-refractivity contribution in [2.45, 2.75) is 62.9 Å². The zero-order valence-corrected chi connectivity index (χ0v) is 17.4. The second kappa shape index (κ2) is 8.73. The van der Waals surface area contributed by atoms with Crippen LogP contribution < -0.4 is 10.2 Å². The molecule has 2 aliphatic rings.